The third-order valence-corrected chi connectivity index (χ3v) is 3.00. The summed E-state index contributed by atoms with van der Waals surface area (Å²) in [5, 5.41) is 0.899. The van der Waals surface area contributed by atoms with Gasteiger partial charge in [0.1, 0.15) is 0 Å². The molecule has 1 aromatic carbocycles. The van der Waals surface area contributed by atoms with Crippen LogP contribution in [0.1, 0.15) is 18.9 Å². The Kier molecular flexibility index (Phi) is 6.70. The molecule has 19 heavy (non-hydrogen) atoms. The minimum atomic E-state index is -0.337. The van der Waals surface area contributed by atoms with E-state index in [-0.39, 0.29) is 12.4 Å². The van der Waals surface area contributed by atoms with E-state index in [9.17, 15) is 4.79 Å². The molecule has 1 N–H and O–H groups in total. The fourth-order valence-electron chi connectivity index (χ4n) is 1.30. The number of carbonyl (C=O) groups excluding carboxylic acids is 1. The summed E-state index contributed by atoms with van der Waals surface area (Å²) < 4.78 is 4.58. The first-order valence-electron chi connectivity index (χ1n) is 5.68. The highest BCUT2D eigenvalue weighted by atomic mass is 35.5. The van der Waals surface area contributed by atoms with Crippen molar-refractivity contribution in [3.63, 3.8) is 0 Å². The summed E-state index contributed by atoms with van der Waals surface area (Å²) in [5.41, 5.74) is 4.16. The van der Waals surface area contributed by atoms with Crippen LogP contribution in [-0.2, 0) is 14.4 Å². The van der Waals surface area contributed by atoms with E-state index in [0.717, 1.165) is 5.56 Å². The van der Waals surface area contributed by atoms with Crippen LogP contribution in [0.5, 0.6) is 0 Å². The van der Waals surface area contributed by atoms with Gasteiger partial charge in [0.05, 0.1) is 35.9 Å². The molecule has 1 aromatic rings. The van der Waals surface area contributed by atoms with E-state index in [2.05, 4.69) is 10.2 Å². The van der Waals surface area contributed by atoms with Gasteiger partial charge in [-0.25, -0.2) is 0 Å². The molecule has 0 aliphatic carbocycles. The van der Waals surface area contributed by atoms with E-state index >= 15 is 0 Å². The fraction of sp³-hybridized carbons (Fsp3) is 0.308. The SMILES string of the molecule is CCON/C(=C\CC(=O)OC)c1ccc(Cl)c(Cl)c1. The van der Waals surface area contributed by atoms with Crippen molar-refractivity contribution in [3.05, 3.63) is 39.9 Å². The number of methoxy groups -OCH3 is 1. The molecule has 4 nitrogen and oxygen atoms in total. The summed E-state index contributed by atoms with van der Waals surface area (Å²) in [7, 11) is 1.34. The Balaban J connectivity index is 2.94. The molecule has 104 valence electrons. The van der Waals surface area contributed by atoms with Crippen LogP contribution >= 0.6 is 23.2 Å². The van der Waals surface area contributed by atoms with Crippen molar-refractivity contribution < 1.29 is 14.4 Å². The molecule has 0 bridgehead atoms. The summed E-state index contributed by atoms with van der Waals surface area (Å²) in [6, 6.07) is 5.15. The molecule has 1 rings (SSSR count). The van der Waals surface area contributed by atoms with Crippen LogP contribution in [0.3, 0.4) is 0 Å². The van der Waals surface area contributed by atoms with Crippen LogP contribution in [0.4, 0.5) is 0 Å². The topological polar surface area (TPSA) is 47.6 Å². The summed E-state index contributed by atoms with van der Waals surface area (Å²) in [6.45, 7) is 2.33. The Morgan fingerprint density at radius 2 is 2.11 bits per heavy atom. The van der Waals surface area contributed by atoms with Crippen molar-refractivity contribution >= 4 is 34.9 Å². The van der Waals surface area contributed by atoms with Crippen molar-refractivity contribution in [2.75, 3.05) is 13.7 Å². The maximum Gasteiger partial charge on any atom is 0.309 e. The smallest absolute Gasteiger partial charge is 0.309 e. The number of ether oxygens (including phenoxy) is 1. The van der Waals surface area contributed by atoms with Crippen molar-refractivity contribution in [2.45, 2.75) is 13.3 Å². The van der Waals surface area contributed by atoms with E-state index in [4.69, 9.17) is 28.0 Å². The molecule has 0 radical (unpaired) electrons. The zero-order valence-electron chi connectivity index (χ0n) is 10.7. The molecule has 0 aromatic heterocycles. The van der Waals surface area contributed by atoms with Crippen LogP contribution in [-0.4, -0.2) is 19.7 Å². The van der Waals surface area contributed by atoms with Crippen molar-refractivity contribution in [3.8, 4) is 0 Å². The summed E-state index contributed by atoms with van der Waals surface area (Å²) in [4.78, 5) is 16.3. The lowest BCUT2D eigenvalue weighted by Gasteiger charge is -2.11. The minimum Gasteiger partial charge on any atom is -0.469 e. The third-order valence-electron chi connectivity index (χ3n) is 2.26. The largest absolute Gasteiger partial charge is 0.469 e. The molecule has 0 unspecified atom stereocenters. The predicted molar refractivity (Wildman–Crippen MR) is 75.8 cm³/mol. The number of nitrogens with one attached hydrogen (secondary N) is 1. The molecular formula is C13H15Cl2NO3. The number of carbonyl (C=O) groups is 1. The molecule has 0 saturated heterocycles. The highest BCUT2D eigenvalue weighted by Crippen LogP contribution is 2.25. The summed E-state index contributed by atoms with van der Waals surface area (Å²) >= 11 is 11.8. The van der Waals surface area contributed by atoms with Gasteiger partial charge >= 0.3 is 5.97 Å². The van der Waals surface area contributed by atoms with Crippen molar-refractivity contribution in [1.29, 1.82) is 0 Å². The average Bonchev–Trinajstić information content (AvgIpc) is 2.42. The van der Waals surface area contributed by atoms with Crippen LogP contribution in [0.2, 0.25) is 10.0 Å². The number of hydrogen-bond acceptors (Lipinski definition) is 4. The van der Waals surface area contributed by atoms with Crippen LogP contribution in [0, 0.1) is 0 Å². The molecule has 0 aliphatic heterocycles. The Hall–Kier alpha value is -1.23. The Labute approximate surface area is 122 Å². The van der Waals surface area contributed by atoms with Gasteiger partial charge in [0.25, 0.3) is 0 Å². The molecule has 0 saturated carbocycles. The maximum absolute atomic E-state index is 11.2. The first-order chi connectivity index (χ1) is 9.08. The van der Waals surface area contributed by atoms with Gasteiger partial charge in [-0.3, -0.25) is 15.1 Å². The van der Waals surface area contributed by atoms with E-state index in [1.807, 2.05) is 6.92 Å². The summed E-state index contributed by atoms with van der Waals surface area (Å²) in [5.74, 6) is -0.337. The lowest BCUT2D eigenvalue weighted by atomic mass is 10.1. The maximum atomic E-state index is 11.2. The highest BCUT2D eigenvalue weighted by Gasteiger charge is 2.06. The number of esters is 1. The number of hydrogen-bond donors (Lipinski definition) is 1. The third kappa shape index (κ3) is 5.11. The van der Waals surface area contributed by atoms with E-state index in [1.165, 1.54) is 7.11 Å². The monoisotopic (exact) mass is 303 g/mol. The molecule has 6 heteroatoms. The lowest BCUT2D eigenvalue weighted by molar-refractivity contribution is -0.139. The second-order valence-electron chi connectivity index (χ2n) is 3.56. The van der Waals surface area contributed by atoms with Gasteiger partial charge < -0.3 is 4.74 Å². The van der Waals surface area contributed by atoms with Gasteiger partial charge in [-0.1, -0.05) is 29.3 Å². The zero-order chi connectivity index (χ0) is 14.3. The van der Waals surface area contributed by atoms with Crippen molar-refractivity contribution in [2.24, 2.45) is 0 Å². The number of rotatable bonds is 6. The zero-order valence-corrected chi connectivity index (χ0v) is 12.2. The lowest BCUT2D eigenvalue weighted by Crippen LogP contribution is -2.13. The van der Waals surface area contributed by atoms with E-state index in [0.29, 0.717) is 22.3 Å². The predicted octanol–water partition coefficient (Wildman–Crippen LogP) is 3.44. The average molecular weight is 304 g/mol. The van der Waals surface area contributed by atoms with E-state index < -0.39 is 0 Å². The van der Waals surface area contributed by atoms with Crippen LogP contribution in [0.25, 0.3) is 5.70 Å². The molecule has 0 heterocycles. The van der Waals surface area contributed by atoms with Gasteiger partial charge in [-0.05, 0) is 25.1 Å². The van der Waals surface area contributed by atoms with Gasteiger partial charge in [0.15, 0.2) is 0 Å². The second kappa shape index (κ2) is 8.04. The Morgan fingerprint density at radius 3 is 2.68 bits per heavy atom. The molecule has 0 aliphatic rings. The second-order valence-corrected chi connectivity index (χ2v) is 4.38. The quantitative estimate of drug-likeness (QED) is 0.646. The fourth-order valence-corrected chi connectivity index (χ4v) is 1.60. The van der Waals surface area contributed by atoms with Gasteiger partial charge in [-0.2, -0.15) is 0 Å². The Bertz CT molecular complexity index is 475. The molecular weight excluding hydrogens is 289 g/mol. The number of halogens is 2. The Morgan fingerprint density at radius 1 is 1.37 bits per heavy atom. The molecule has 0 fully saturated rings. The highest BCUT2D eigenvalue weighted by molar-refractivity contribution is 6.42. The first kappa shape index (κ1) is 15.8. The molecule has 0 atom stereocenters. The van der Waals surface area contributed by atoms with Gasteiger partial charge in [0.2, 0.25) is 0 Å². The number of benzene rings is 1. The van der Waals surface area contributed by atoms with Gasteiger partial charge in [-0.15, -0.1) is 0 Å². The first-order valence-corrected chi connectivity index (χ1v) is 6.44. The van der Waals surface area contributed by atoms with Crippen LogP contribution < -0.4 is 5.48 Å². The summed E-state index contributed by atoms with van der Waals surface area (Å²) in [6.07, 6.45) is 1.80. The molecule has 0 amide bonds. The minimum absolute atomic E-state index is 0.131. The molecule has 0 spiro atoms. The van der Waals surface area contributed by atoms with E-state index in [1.54, 1.807) is 24.3 Å². The van der Waals surface area contributed by atoms with Crippen molar-refractivity contribution in [1.82, 2.24) is 5.48 Å². The number of hydroxylamine groups is 1. The van der Waals surface area contributed by atoms with Crippen LogP contribution in [0.15, 0.2) is 24.3 Å². The normalized spacial score (nSPS) is 11.3. The standard InChI is InChI=1S/C13H15Cl2NO3/c1-3-19-16-12(6-7-13(17)18-2)9-4-5-10(14)11(15)8-9/h4-6,8,16H,3,7H2,1-2H3/b12-6-. The van der Waals surface area contributed by atoms with Gasteiger partial charge in [0, 0.05) is 5.56 Å².